The van der Waals surface area contributed by atoms with Gasteiger partial charge >= 0.3 is 5.97 Å². The van der Waals surface area contributed by atoms with Crippen LogP contribution in [0.3, 0.4) is 0 Å². The number of carbonyl (C=O) groups excluding carboxylic acids is 2. The smallest absolute Gasteiger partial charge is 0.318 e. The third-order valence-electron chi connectivity index (χ3n) is 0.461. The molecule has 0 saturated carbocycles. The Hall–Kier alpha value is -1.70. The molecule has 0 fully saturated rings. The van der Waals surface area contributed by atoms with E-state index in [1.165, 1.54) is 6.07 Å². The van der Waals surface area contributed by atoms with Gasteiger partial charge in [-0.25, -0.2) is 4.79 Å². The van der Waals surface area contributed by atoms with Crippen LogP contribution in [0.5, 0.6) is 0 Å². The monoisotopic (exact) mass is 140 g/mol. The van der Waals surface area contributed by atoms with E-state index in [0.717, 1.165) is 6.92 Å². The van der Waals surface area contributed by atoms with Gasteiger partial charge in [-0.2, -0.15) is 5.26 Å². The van der Waals surface area contributed by atoms with Crippen LogP contribution in [0.2, 0.25) is 0 Å². The van der Waals surface area contributed by atoms with Crippen LogP contribution in [-0.4, -0.2) is 18.0 Å². The van der Waals surface area contributed by atoms with Crippen molar-refractivity contribution in [1.82, 2.24) is 0 Å². The molecule has 5 heteroatoms. The highest BCUT2D eigenvalue weighted by Crippen LogP contribution is 1.74. The van der Waals surface area contributed by atoms with Crippen molar-refractivity contribution < 1.29 is 14.4 Å². The topological polar surface area (TPSA) is 79.5 Å². The predicted molar refractivity (Wildman–Crippen MR) is 30.9 cm³/mol. The maximum Gasteiger partial charge on any atom is 0.331 e. The molecule has 52 valence electrons. The molecule has 0 aliphatic carbocycles. The van der Waals surface area contributed by atoms with Crippen molar-refractivity contribution in [1.29, 1.82) is 5.26 Å². The van der Waals surface area contributed by atoms with Gasteiger partial charge in [-0.05, 0) is 0 Å². The first kappa shape index (κ1) is 8.30. The van der Waals surface area contributed by atoms with Crippen molar-refractivity contribution in [2.75, 3.05) is 0 Å². The fraction of sp³-hybridized carbons (Fsp3) is 0.200. The third kappa shape index (κ3) is 4.46. The van der Waals surface area contributed by atoms with Crippen molar-refractivity contribution >= 4 is 18.0 Å². The van der Waals surface area contributed by atoms with Crippen LogP contribution in [0.15, 0.2) is 5.16 Å². The Labute approximate surface area is 56.9 Å². The van der Waals surface area contributed by atoms with E-state index in [1.807, 2.05) is 0 Å². The van der Waals surface area contributed by atoms with Gasteiger partial charge in [0.1, 0.15) is 12.3 Å². The second-order valence-electron chi connectivity index (χ2n) is 1.29. The Morgan fingerprint density at radius 2 is 2.30 bits per heavy atom. The molecule has 0 N–H and O–H groups in total. The quantitative estimate of drug-likeness (QED) is 0.227. The van der Waals surface area contributed by atoms with Crippen molar-refractivity contribution in [3.8, 4) is 6.07 Å². The van der Waals surface area contributed by atoms with Gasteiger partial charge in [-0.1, -0.05) is 5.16 Å². The number of Topliss-reactive ketones (excluding diaryl/α,β-unsaturated/α-hetero) is 1. The summed E-state index contributed by atoms with van der Waals surface area (Å²) in [5.41, 5.74) is 0. The van der Waals surface area contributed by atoms with Crippen LogP contribution in [0, 0.1) is 11.3 Å². The normalized spacial score (nSPS) is 8.80. The standard InChI is InChI=1S/C5H4N2O3/c1-4(8)10-7-3-5(9)2-6/h3H,1H3. The lowest BCUT2D eigenvalue weighted by Crippen LogP contribution is -1.97. The first-order chi connectivity index (χ1) is 4.66. The molecule has 0 amide bonds. The lowest BCUT2D eigenvalue weighted by molar-refractivity contribution is -0.140. The lowest BCUT2D eigenvalue weighted by Gasteiger charge is -1.83. The zero-order valence-corrected chi connectivity index (χ0v) is 5.20. The summed E-state index contributed by atoms with van der Waals surface area (Å²) < 4.78 is 0. The van der Waals surface area contributed by atoms with E-state index < -0.39 is 11.8 Å². The first-order valence-electron chi connectivity index (χ1n) is 2.32. The van der Waals surface area contributed by atoms with E-state index in [2.05, 4.69) is 9.99 Å². The number of hydrogen-bond donors (Lipinski definition) is 0. The third-order valence-corrected chi connectivity index (χ3v) is 0.461. The number of oxime groups is 1. The minimum atomic E-state index is -0.860. The molecule has 10 heavy (non-hydrogen) atoms. The molecule has 0 saturated heterocycles. The summed E-state index contributed by atoms with van der Waals surface area (Å²) in [5.74, 6) is -1.50. The van der Waals surface area contributed by atoms with Crippen LogP contribution in [0.25, 0.3) is 0 Å². The molecule has 0 unspecified atom stereocenters. The maximum atomic E-state index is 10.1. The Kier molecular flexibility index (Phi) is 3.49. The lowest BCUT2D eigenvalue weighted by atomic mass is 10.5. The highest BCUT2D eigenvalue weighted by Gasteiger charge is 1.92. The molecular formula is C5H4N2O3. The molecule has 5 nitrogen and oxygen atoms in total. The number of hydrogen-bond acceptors (Lipinski definition) is 5. The molecule has 0 atom stereocenters. The Bertz CT molecular complexity index is 213. The predicted octanol–water partition coefficient (Wildman–Crippen LogP) is -0.372. The minimum absolute atomic E-state index is 0.626. The van der Waals surface area contributed by atoms with Gasteiger partial charge in [0.05, 0.1) is 0 Å². The van der Waals surface area contributed by atoms with Crippen LogP contribution in [0.4, 0.5) is 0 Å². The Balaban J connectivity index is 3.70. The second-order valence-corrected chi connectivity index (χ2v) is 1.29. The van der Waals surface area contributed by atoms with Gasteiger partial charge in [-0.3, -0.25) is 4.79 Å². The second kappa shape index (κ2) is 4.21. The molecule has 0 heterocycles. The summed E-state index contributed by atoms with van der Waals surface area (Å²) in [6.45, 7) is 1.13. The summed E-state index contributed by atoms with van der Waals surface area (Å²) in [6.07, 6.45) is 0.626. The Morgan fingerprint density at radius 1 is 1.70 bits per heavy atom. The van der Waals surface area contributed by atoms with E-state index in [-0.39, 0.29) is 0 Å². The molecule has 0 aliphatic rings. The number of nitrogens with zero attached hydrogens (tertiary/aromatic N) is 2. The van der Waals surface area contributed by atoms with Gasteiger partial charge in [-0.15, -0.1) is 0 Å². The molecule has 0 aliphatic heterocycles. The number of ketones is 1. The summed E-state index contributed by atoms with van der Waals surface area (Å²) in [7, 11) is 0. The average Bonchev–Trinajstić information content (AvgIpc) is 1.87. The van der Waals surface area contributed by atoms with Gasteiger partial charge < -0.3 is 4.84 Å². The average molecular weight is 140 g/mol. The first-order valence-corrected chi connectivity index (χ1v) is 2.32. The molecule has 0 aromatic carbocycles. The van der Waals surface area contributed by atoms with Crippen LogP contribution >= 0.6 is 0 Å². The summed E-state index contributed by atoms with van der Waals surface area (Å²) >= 11 is 0. The molecule has 0 radical (unpaired) electrons. The highest BCUT2D eigenvalue weighted by molar-refractivity contribution is 6.34. The summed E-state index contributed by atoms with van der Waals surface area (Å²) in [6, 6.07) is 1.26. The van der Waals surface area contributed by atoms with E-state index >= 15 is 0 Å². The Morgan fingerprint density at radius 3 is 2.70 bits per heavy atom. The fourth-order valence-corrected chi connectivity index (χ4v) is 0.177. The number of rotatable bonds is 2. The zero-order chi connectivity index (χ0) is 7.98. The molecule has 0 bridgehead atoms. The van der Waals surface area contributed by atoms with Crippen molar-refractivity contribution in [3.63, 3.8) is 0 Å². The molecular weight excluding hydrogens is 136 g/mol. The molecule has 0 rings (SSSR count). The van der Waals surface area contributed by atoms with Gasteiger partial charge in [0.25, 0.3) is 5.78 Å². The van der Waals surface area contributed by atoms with Gasteiger partial charge in [0.15, 0.2) is 0 Å². The van der Waals surface area contributed by atoms with E-state index in [1.54, 1.807) is 0 Å². The van der Waals surface area contributed by atoms with Gasteiger partial charge in [0.2, 0.25) is 0 Å². The van der Waals surface area contributed by atoms with Crippen molar-refractivity contribution in [2.24, 2.45) is 5.16 Å². The summed E-state index contributed by atoms with van der Waals surface area (Å²) in [5, 5.41) is 10.8. The zero-order valence-electron chi connectivity index (χ0n) is 5.20. The fourth-order valence-electron chi connectivity index (χ4n) is 0.177. The van der Waals surface area contributed by atoms with E-state index in [0.29, 0.717) is 6.21 Å². The molecule has 0 spiro atoms. The maximum absolute atomic E-state index is 10.1. The summed E-state index contributed by atoms with van der Waals surface area (Å²) in [4.78, 5) is 24.0. The van der Waals surface area contributed by atoms with E-state index in [4.69, 9.17) is 5.26 Å². The molecule has 0 aromatic heterocycles. The highest BCUT2D eigenvalue weighted by atomic mass is 16.7. The van der Waals surface area contributed by atoms with Crippen molar-refractivity contribution in [3.05, 3.63) is 0 Å². The number of nitriles is 1. The number of carbonyl (C=O) groups is 2. The SMILES string of the molecule is CC(=O)ON=CC(=O)C#N. The van der Waals surface area contributed by atoms with Crippen molar-refractivity contribution in [2.45, 2.75) is 6.92 Å². The minimum Gasteiger partial charge on any atom is -0.318 e. The van der Waals surface area contributed by atoms with Gasteiger partial charge in [0, 0.05) is 6.92 Å². The largest absolute Gasteiger partial charge is 0.331 e. The van der Waals surface area contributed by atoms with Crippen LogP contribution in [0.1, 0.15) is 6.92 Å². The molecule has 0 aromatic rings. The van der Waals surface area contributed by atoms with E-state index in [9.17, 15) is 9.59 Å². The van der Waals surface area contributed by atoms with Crippen LogP contribution in [-0.2, 0) is 14.4 Å². The van der Waals surface area contributed by atoms with Crippen LogP contribution < -0.4 is 0 Å².